The largest absolute Gasteiger partial charge is 0.459 e. The normalized spacial score (nSPS) is 11.7. The molecule has 9 heteroatoms. The quantitative estimate of drug-likeness (QED) is 0.734. The number of carbonyl (C=O) groups is 1. The summed E-state index contributed by atoms with van der Waals surface area (Å²) in [6.07, 6.45) is 0. The number of rotatable bonds is 6. The molecule has 0 saturated carbocycles. The van der Waals surface area contributed by atoms with Crippen LogP contribution in [0.15, 0.2) is 24.3 Å². The topological polar surface area (TPSA) is 55.3 Å². The van der Waals surface area contributed by atoms with Crippen LogP contribution in [0.25, 0.3) is 0 Å². The molecule has 1 unspecified atom stereocenters. The predicted molar refractivity (Wildman–Crippen MR) is 85.1 cm³/mol. The molecule has 1 aromatic carbocycles. The average Bonchev–Trinajstić information content (AvgIpc) is 2.87. The fourth-order valence-corrected chi connectivity index (χ4v) is 3.13. The van der Waals surface area contributed by atoms with Crippen LogP contribution in [-0.4, -0.2) is 28.8 Å². The van der Waals surface area contributed by atoms with Crippen molar-refractivity contribution in [1.82, 2.24) is 10.2 Å². The van der Waals surface area contributed by atoms with Gasteiger partial charge in [0.25, 0.3) is 11.9 Å². The van der Waals surface area contributed by atoms with Gasteiger partial charge in [-0.15, -0.1) is 0 Å². The van der Waals surface area contributed by atoms with Gasteiger partial charge in [-0.25, -0.2) is 4.39 Å². The van der Waals surface area contributed by atoms with Crippen LogP contribution in [0.5, 0.6) is 5.19 Å². The molecule has 0 spiro atoms. The zero-order valence-corrected chi connectivity index (χ0v) is 14.1. The third kappa shape index (κ3) is 4.14. The van der Waals surface area contributed by atoms with Gasteiger partial charge in [0.05, 0.1) is 0 Å². The van der Waals surface area contributed by atoms with Gasteiger partial charge in [0, 0.05) is 23.3 Å². The molecule has 1 atom stereocenters. The van der Waals surface area contributed by atoms with Gasteiger partial charge in [-0.3, -0.25) is 4.79 Å². The summed E-state index contributed by atoms with van der Waals surface area (Å²) in [4.78, 5) is 13.9. The van der Waals surface area contributed by atoms with Crippen LogP contribution >= 0.6 is 22.1 Å². The minimum atomic E-state index is -1.15. The maximum Gasteiger partial charge on any atom is 0.459 e. The number of ether oxygens (including phenoxy) is 1. The number of hydrogen-bond acceptors (Lipinski definition) is 4. The highest BCUT2D eigenvalue weighted by molar-refractivity contribution is 7.34. The highest BCUT2D eigenvalue weighted by atomic mass is 35.5. The fourth-order valence-electron chi connectivity index (χ4n) is 1.97. The van der Waals surface area contributed by atoms with E-state index in [4.69, 9.17) is 16.3 Å². The molecule has 1 amide bonds. The van der Waals surface area contributed by atoms with E-state index in [1.54, 1.807) is 0 Å². The van der Waals surface area contributed by atoms with Gasteiger partial charge in [-0.05, 0) is 38.1 Å². The van der Waals surface area contributed by atoms with E-state index in [1.165, 1.54) is 29.2 Å². The smallest absolute Gasteiger partial charge is 0.427 e. The summed E-state index contributed by atoms with van der Waals surface area (Å²) in [6.45, 7) is 3.30. The molecule has 0 bridgehead atoms. The maximum atomic E-state index is 13.0. The van der Waals surface area contributed by atoms with Crippen molar-refractivity contribution in [2.75, 3.05) is 11.5 Å². The van der Waals surface area contributed by atoms with Gasteiger partial charge in [-0.1, -0.05) is 10.2 Å². The number of anilines is 1. The highest BCUT2D eigenvalue weighted by Gasteiger charge is 2.27. The lowest BCUT2D eigenvalue weighted by atomic mass is 10.2. The van der Waals surface area contributed by atoms with Gasteiger partial charge < -0.3 is 9.64 Å². The number of hydrogen-bond donors (Lipinski definition) is 0. The summed E-state index contributed by atoms with van der Waals surface area (Å²) in [5.74, 6) is -0.750. The summed E-state index contributed by atoms with van der Waals surface area (Å²) in [7, 11) is -1.15. The summed E-state index contributed by atoms with van der Waals surface area (Å²) in [5, 5.41) is 7.19. The molecule has 0 saturated heterocycles. The fraction of sp³-hybridized carbons (Fsp3) is 0.357. The van der Waals surface area contributed by atoms with E-state index in [1.807, 2.05) is 13.8 Å². The first kappa shape index (κ1) is 17.6. The molecule has 0 aliphatic rings. The van der Waals surface area contributed by atoms with Crippen molar-refractivity contribution in [3.8, 4) is 5.19 Å². The van der Waals surface area contributed by atoms with Crippen LogP contribution in [0.3, 0.4) is 0 Å². The molecule has 0 N–H and O–H groups in total. The molecule has 0 fully saturated rings. The molecule has 2 rings (SSSR count). The van der Waals surface area contributed by atoms with Crippen molar-refractivity contribution in [1.29, 1.82) is 0 Å². The Bertz CT molecular complexity index is 679. The molecule has 0 aliphatic carbocycles. The van der Waals surface area contributed by atoms with E-state index in [0.29, 0.717) is 5.69 Å². The van der Waals surface area contributed by atoms with Gasteiger partial charge in [0.1, 0.15) is 16.3 Å². The second kappa shape index (κ2) is 7.65. The first-order valence-corrected chi connectivity index (χ1v) is 8.49. The van der Waals surface area contributed by atoms with Crippen LogP contribution in [0.2, 0.25) is 4.47 Å². The molecular formula is C14H15ClF2N3O2S+. The summed E-state index contributed by atoms with van der Waals surface area (Å²) in [6, 6.07) is 4.61. The average molecular weight is 363 g/mol. The first-order valence-electron chi connectivity index (χ1n) is 6.72. The van der Waals surface area contributed by atoms with Gasteiger partial charge in [-0.2, -0.15) is 4.39 Å². The number of amides is 1. The highest BCUT2D eigenvalue weighted by Crippen LogP contribution is 2.37. The lowest BCUT2D eigenvalue weighted by Gasteiger charge is -2.26. The number of alkyl halides is 1. The lowest BCUT2D eigenvalue weighted by Crippen LogP contribution is -2.40. The number of halogens is 3. The Balaban J connectivity index is 2.11. The molecule has 5 nitrogen and oxygen atoms in total. The predicted octanol–water partition coefficient (Wildman–Crippen LogP) is 3.77. The van der Waals surface area contributed by atoms with E-state index in [2.05, 4.69) is 10.2 Å². The zero-order chi connectivity index (χ0) is 17.0. The number of carbonyl (C=O) groups excluding carboxylic acids is 1. The van der Waals surface area contributed by atoms with Gasteiger partial charge in [0.15, 0.2) is 6.61 Å². The number of aromatic nitrogens is 2. The third-order valence-electron chi connectivity index (χ3n) is 2.94. The van der Waals surface area contributed by atoms with Crippen LogP contribution in [-0.2, 0) is 10.8 Å². The first-order chi connectivity index (χ1) is 10.9. The summed E-state index contributed by atoms with van der Waals surface area (Å²) in [5.41, 5.74) is 0.544. The zero-order valence-electron chi connectivity index (χ0n) is 12.5. The number of nitrogens with zero attached hydrogens (tertiary/aromatic N) is 3. The number of benzene rings is 1. The van der Waals surface area contributed by atoms with Crippen molar-refractivity contribution >= 4 is 33.7 Å². The Morgan fingerprint density at radius 3 is 2.57 bits per heavy atom. The minimum absolute atomic E-state index is 0.00802. The van der Waals surface area contributed by atoms with Crippen LogP contribution in [0.4, 0.5) is 14.5 Å². The Hall–Kier alpha value is -1.80. The second-order valence-corrected chi connectivity index (χ2v) is 7.16. The second-order valence-electron chi connectivity index (χ2n) is 4.84. The Kier molecular flexibility index (Phi) is 5.84. The van der Waals surface area contributed by atoms with Crippen molar-refractivity contribution < 1.29 is 18.3 Å². The van der Waals surface area contributed by atoms with E-state index >= 15 is 0 Å². The summed E-state index contributed by atoms with van der Waals surface area (Å²) < 4.78 is 31.2. The molecule has 23 heavy (non-hydrogen) atoms. The molecule has 1 aromatic heterocycles. The van der Waals surface area contributed by atoms with E-state index in [-0.39, 0.29) is 34.0 Å². The van der Waals surface area contributed by atoms with Gasteiger partial charge >= 0.3 is 9.66 Å². The minimum Gasteiger partial charge on any atom is -0.427 e. The van der Waals surface area contributed by atoms with Crippen molar-refractivity contribution in [3.63, 3.8) is 0 Å². The standard InChI is InChI=1S/C14H15ClF2N3O2S/c1-9(2)20(11-5-3-10(17)4-6-11)12(21)7-22-14-19-18-13(15)23(14)8-16/h3-6,9H,7-8H2,1-2H3/q+1. The van der Waals surface area contributed by atoms with E-state index < -0.39 is 16.5 Å². The third-order valence-corrected chi connectivity index (χ3v) is 4.90. The van der Waals surface area contributed by atoms with Crippen molar-refractivity contribution in [2.45, 2.75) is 25.9 Å². The monoisotopic (exact) mass is 362 g/mol. The maximum absolute atomic E-state index is 13.0. The molecule has 1 heterocycles. The lowest BCUT2D eigenvalue weighted by molar-refractivity contribution is -0.120. The van der Waals surface area contributed by atoms with Crippen LogP contribution in [0, 0.1) is 5.82 Å². The van der Waals surface area contributed by atoms with Gasteiger partial charge in [0.2, 0.25) is 0 Å². The SMILES string of the molecule is CC(C)N(C(=O)COc1nnc(Cl)[s+]1CF)c1ccc(F)cc1. The summed E-state index contributed by atoms with van der Waals surface area (Å²) >= 11 is 5.71. The Morgan fingerprint density at radius 2 is 2.00 bits per heavy atom. The van der Waals surface area contributed by atoms with Crippen molar-refractivity contribution in [2.24, 2.45) is 0 Å². The Labute approximate surface area is 139 Å². The van der Waals surface area contributed by atoms with Crippen molar-refractivity contribution in [3.05, 3.63) is 34.5 Å². The van der Waals surface area contributed by atoms with Crippen LogP contribution in [0.1, 0.15) is 13.8 Å². The molecule has 2 aromatic rings. The Morgan fingerprint density at radius 1 is 1.35 bits per heavy atom. The van der Waals surface area contributed by atoms with E-state index in [9.17, 15) is 13.6 Å². The molecular weight excluding hydrogens is 348 g/mol. The molecule has 0 aliphatic heterocycles. The molecule has 0 radical (unpaired) electrons. The molecule has 124 valence electrons. The van der Waals surface area contributed by atoms with E-state index in [0.717, 1.165) is 0 Å². The van der Waals surface area contributed by atoms with Crippen LogP contribution < -0.4 is 9.64 Å².